The van der Waals surface area contributed by atoms with Crippen molar-refractivity contribution in [2.24, 2.45) is 0 Å². The van der Waals surface area contributed by atoms with Gasteiger partial charge in [0.05, 0.1) is 16.2 Å². The van der Waals surface area contributed by atoms with E-state index in [1.807, 2.05) is 54.3 Å². The quantitative estimate of drug-likeness (QED) is 0.232. The number of hydrogen-bond acceptors (Lipinski definition) is 4. The van der Waals surface area contributed by atoms with Crippen LogP contribution in [0.15, 0.2) is 78.9 Å². The number of benzene rings is 3. The lowest BCUT2D eigenvalue weighted by atomic mass is 10.1. The Bertz CT molecular complexity index is 1450. The maximum atomic E-state index is 13.7. The molecule has 0 atom stereocenters. The monoisotopic (exact) mass is 514 g/mol. The van der Waals surface area contributed by atoms with Gasteiger partial charge in [-0.3, -0.25) is 14.9 Å². The van der Waals surface area contributed by atoms with Crippen LogP contribution in [0.1, 0.15) is 21.6 Å². The Balaban J connectivity index is 1.42. The lowest BCUT2D eigenvalue weighted by Gasteiger charge is -2.36. The van der Waals surface area contributed by atoms with Gasteiger partial charge in [0.25, 0.3) is 11.6 Å². The summed E-state index contributed by atoms with van der Waals surface area (Å²) in [6.45, 7) is 6.52. The van der Waals surface area contributed by atoms with Crippen LogP contribution in [0, 0.1) is 24.0 Å². The second-order valence-electron chi connectivity index (χ2n) is 9.21. The predicted molar refractivity (Wildman–Crippen MR) is 147 cm³/mol. The van der Waals surface area contributed by atoms with Gasteiger partial charge in [-0.05, 0) is 61.4 Å². The minimum Gasteiger partial charge on any atom is -0.368 e. The minimum absolute atomic E-state index is 0.00315. The van der Waals surface area contributed by atoms with E-state index in [9.17, 15) is 14.9 Å². The fourth-order valence-electron chi connectivity index (χ4n) is 4.90. The highest BCUT2D eigenvalue weighted by atomic mass is 35.5. The van der Waals surface area contributed by atoms with Crippen molar-refractivity contribution in [2.75, 3.05) is 31.1 Å². The number of carbonyl (C=O) groups is 1. The number of aromatic nitrogens is 1. The van der Waals surface area contributed by atoms with E-state index in [0.717, 1.165) is 33.9 Å². The number of anilines is 1. The Labute approximate surface area is 220 Å². The first-order valence-electron chi connectivity index (χ1n) is 12.2. The molecular weight excluding hydrogens is 488 g/mol. The number of nitro groups is 1. The Kier molecular flexibility index (Phi) is 6.72. The largest absolute Gasteiger partial charge is 0.368 e. The van der Waals surface area contributed by atoms with E-state index < -0.39 is 4.92 Å². The van der Waals surface area contributed by atoms with Crippen LogP contribution in [0.2, 0.25) is 5.02 Å². The van der Waals surface area contributed by atoms with Gasteiger partial charge in [0.1, 0.15) is 0 Å². The number of halogens is 1. The Morgan fingerprint density at radius 3 is 2.16 bits per heavy atom. The first-order valence-corrected chi connectivity index (χ1v) is 12.5. The van der Waals surface area contributed by atoms with Crippen molar-refractivity contribution in [3.05, 3.63) is 111 Å². The van der Waals surface area contributed by atoms with Crippen LogP contribution in [0.3, 0.4) is 0 Å². The van der Waals surface area contributed by atoms with Crippen molar-refractivity contribution in [3.63, 3.8) is 0 Å². The lowest BCUT2D eigenvalue weighted by molar-refractivity contribution is -0.384. The molecule has 0 N–H and O–H groups in total. The molecule has 188 valence electrons. The molecule has 8 heteroatoms. The van der Waals surface area contributed by atoms with Gasteiger partial charge in [0.15, 0.2) is 0 Å². The standard InChI is InChI=1S/C29H27ClN4O3/c1-20-5-3-4-6-27(20)33-21(2)26(19-28(33)22-7-9-23(30)10-8-22)29(35)32-17-15-31(16-18-32)24-11-13-25(14-12-24)34(36)37/h3-14,19H,15-18H2,1-2H3. The zero-order valence-electron chi connectivity index (χ0n) is 20.7. The van der Waals surface area contributed by atoms with Gasteiger partial charge in [0, 0.05) is 60.4 Å². The maximum Gasteiger partial charge on any atom is 0.269 e. The number of nitro benzene ring substituents is 1. The number of hydrogen-bond donors (Lipinski definition) is 0. The highest BCUT2D eigenvalue weighted by Crippen LogP contribution is 2.32. The van der Waals surface area contributed by atoms with Crippen molar-refractivity contribution in [3.8, 4) is 16.9 Å². The molecule has 1 saturated heterocycles. The van der Waals surface area contributed by atoms with E-state index >= 15 is 0 Å². The van der Waals surface area contributed by atoms with Gasteiger partial charge >= 0.3 is 0 Å². The number of non-ortho nitro benzene ring substituents is 1. The van der Waals surface area contributed by atoms with E-state index in [1.54, 1.807) is 12.1 Å². The third-order valence-corrected chi connectivity index (χ3v) is 7.22. The summed E-state index contributed by atoms with van der Waals surface area (Å²) in [7, 11) is 0. The number of nitrogens with zero attached hydrogens (tertiary/aromatic N) is 4. The van der Waals surface area contributed by atoms with E-state index in [1.165, 1.54) is 12.1 Å². The fraction of sp³-hybridized carbons (Fsp3) is 0.207. The Morgan fingerprint density at radius 2 is 1.54 bits per heavy atom. The first-order chi connectivity index (χ1) is 17.8. The van der Waals surface area contributed by atoms with E-state index in [-0.39, 0.29) is 11.6 Å². The average Bonchev–Trinajstić information content (AvgIpc) is 3.25. The van der Waals surface area contributed by atoms with Crippen LogP contribution in [-0.4, -0.2) is 46.5 Å². The summed E-state index contributed by atoms with van der Waals surface area (Å²) in [6.07, 6.45) is 0. The number of amides is 1. The zero-order valence-corrected chi connectivity index (χ0v) is 21.5. The number of aryl methyl sites for hydroxylation is 1. The summed E-state index contributed by atoms with van der Waals surface area (Å²) in [6, 6.07) is 24.4. The molecule has 0 radical (unpaired) electrons. The molecule has 37 heavy (non-hydrogen) atoms. The minimum atomic E-state index is -0.399. The van der Waals surface area contributed by atoms with E-state index in [0.29, 0.717) is 36.8 Å². The molecule has 4 aromatic rings. The lowest BCUT2D eigenvalue weighted by Crippen LogP contribution is -2.48. The summed E-state index contributed by atoms with van der Waals surface area (Å²) < 4.78 is 2.15. The van der Waals surface area contributed by atoms with Gasteiger partial charge < -0.3 is 14.4 Å². The zero-order chi connectivity index (χ0) is 26.1. The Hall–Kier alpha value is -4.10. The van der Waals surface area contributed by atoms with Crippen molar-refractivity contribution in [2.45, 2.75) is 13.8 Å². The first kappa shape index (κ1) is 24.6. The van der Waals surface area contributed by atoms with Crippen LogP contribution in [0.5, 0.6) is 0 Å². The molecule has 3 aromatic carbocycles. The van der Waals surface area contributed by atoms with Crippen LogP contribution in [0.25, 0.3) is 16.9 Å². The van der Waals surface area contributed by atoms with Crippen LogP contribution >= 0.6 is 11.6 Å². The molecule has 1 amide bonds. The second kappa shape index (κ2) is 10.1. The van der Waals surface area contributed by atoms with Crippen LogP contribution < -0.4 is 4.90 Å². The second-order valence-corrected chi connectivity index (χ2v) is 9.65. The molecule has 0 aliphatic carbocycles. The molecule has 1 aromatic heterocycles. The van der Waals surface area contributed by atoms with Gasteiger partial charge in [-0.15, -0.1) is 0 Å². The third kappa shape index (κ3) is 4.82. The molecule has 2 heterocycles. The molecule has 7 nitrogen and oxygen atoms in total. The molecule has 0 spiro atoms. The van der Waals surface area contributed by atoms with E-state index in [2.05, 4.69) is 28.5 Å². The normalized spacial score (nSPS) is 13.6. The Morgan fingerprint density at radius 1 is 0.892 bits per heavy atom. The number of rotatable bonds is 5. The molecule has 0 unspecified atom stereocenters. The summed E-state index contributed by atoms with van der Waals surface area (Å²) in [5, 5.41) is 11.6. The van der Waals surface area contributed by atoms with E-state index in [4.69, 9.17) is 11.6 Å². The molecule has 5 rings (SSSR count). The highest BCUT2D eigenvalue weighted by Gasteiger charge is 2.27. The maximum absolute atomic E-state index is 13.7. The van der Waals surface area contributed by atoms with Gasteiger partial charge in [-0.2, -0.15) is 0 Å². The highest BCUT2D eigenvalue weighted by molar-refractivity contribution is 6.30. The topological polar surface area (TPSA) is 71.6 Å². The molecule has 0 bridgehead atoms. The SMILES string of the molecule is Cc1ccccc1-n1c(-c2ccc(Cl)cc2)cc(C(=O)N2CCN(c3ccc([N+](=O)[O-])cc3)CC2)c1C. The van der Waals surface area contributed by atoms with Gasteiger partial charge in [-0.25, -0.2) is 0 Å². The van der Waals surface area contributed by atoms with Crippen LogP contribution in [0.4, 0.5) is 11.4 Å². The smallest absolute Gasteiger partial charge is 0.269 e. The molecule has 1 aliphatic heterocycles. The predicted octanol–water partition coefficient (Wildman–Crippen LogP) is 6.29. The van der Waals surface area contributed by atoms with Gasteiger partial charge in [-0.1, -0.05) is 41.9 Å². The molecular formula is C29H27ClN4O3. The summed E-state index contributed by atoms with van der Waals surface area (Å²) >= 11 is 6.15. The van der Waals surface area contributed by atoms with Crippen molar-refractivity contribution in [1.82, 2.24) is 9.47 Å². The summed E-state index contributed by atoms with van der Waals surface area (Å²) in [4.78, 5) is 28.3. The number of carbonyl (C=O) groups excluding carboxylic acids is 1. The average molecular weight is 515 g/mol. The van der Waals surface area contributed by atoms with Gasteiger partial charge in [0.2, 0.25) is 0 Å². The van der Waals surface area contributed by atoms with Crippen molar-refractivity contribution in [1.29, 1.82) is 0 Å². The molecule has 1 aliphatic rings. The van der Waals surface area contributed by atoms with Crippen molar-refractivity contribution >= 4 is 28.9 Å². The molecule has 1 fully saturated rings. The number of para-hydroxylation sites is 1. The number of piperazine rings is 1. The molecule has 0 saturated carbocycles. The van der Waals surface area contributed by atoms with Crippen LogP contribution in [-0.2, 0) is 0 Å². The summed E-state index contributed by atoms with van der Waals surface area (Å²) in [5.74, 6) is 0.00315. The fourth-order valence-corrected chi connectivity index (χ4v) is 5.03. The van der Waals surface area contributed by atoms with Crippen molar-refractivity contribution < 1.29 is 9.72 Å². The third-order valence-electron chi connectivity index (χ3n) is 6.97. The summed E-state index contributed by atoms with van der Waals surface area (Å²) in [5.41, 5.74) is 6.64.